The van der Waals surface area contributed by atoms with Crippen molar-refractivity contribution in [2.24, 2.45) is 5.10 Å². The van der Waals surface area contributed by atoms with E-state index >= 15 is 0 Å². The van der Waals surface area contributed by atoms with Crippen LogP contribution in [0.25, 0.3) is 11.3 Å². The lowest BCUT2D eigenvalue weighted by molar-refractivity contribution is 0.0622. The summed E-state index contributed by atoms with van der Waals surface area (Å²) in [5.41, 5.74) is 2.46. The summed E-state index contributed by atoms with van der Waals surface area (Å²) in [4.78, 5) is 30.2. The zero-order valence-corrected chi connectivity index (χ0v) is 18.0. The minimum absolute atomic E-state index is 0.152. The van der Waals surface area contributed by atoms with Crippen LogP contribution in [0.15, 0.2) is 84.4 Å². The number of hydrogen-bond donors (Lipinski definition) is 1. The highest BCUT2D eigenvalue weighted by Crippen LogP contribution is 2.23. The molecular weight excluding hydrogens is 449 g/mol. The lowest BCUT2D eigenvalue weighted by Gasteiger charge is -2.16. The molecule has 0 aliphatic heterocycles. The van der Waals surface area contributed by atoms with Gasteiger partial charge < -0.3 is 0 Å². The Morgan fingerprint density at radius 2 is 1.66 bits per heavy atom. The van der Waals surface area contributed by atoms with Gasteiger partial charge in [0.05, 0.1) is 28.7 Å². The third-order valence-electron chi connectivity index (χ3n) is 4.53. The van der Waals surface area contributed by atoms with Crippen molar-refractivity contribution in [3.05, 3.63) is 106 Å². The normalized spacial score (nSPS) is 10.9. The molecule has 2 aromatic carbocycles. The van der Waals surface area contributed by atoms with Gasteiger partial charge in [0.25, 0.3) is 11.8 Å². The number of rotatable bonds is 5. The first-order valence-corrected chi connectivity index (χ1v) is 10.2. The fraction of sp³-hybridized carbons (Fsp3) is 0. The first-order valence-electron chi connectivity index (χ1n) is 9.41. The first kappa shape index (κ1) is 21.4. The predicted molar refractivity (Wildman–Crippen MR) is 123 cm³/mol. The molecule has 0 radical (unpaired) electrons. The van der Waals surface area contributed by atoms with Gasteiger partial charge in [-0.3, -0.25) is 19.7 Å². The molecule has 2 aromatic heterocycles. The molecule has 0 fully saturated rings. The van der Waals surface area contributed by atoms with Gasteiger partial charge in [-0.1, -0.05) is 47.5 Å². The van der Waals surface area contributed by atoms with E-state index in [1.165, 1.54) is 36.8 Å². The number of imide groups is 1. The maximum Gasteiger partial charge on any atom is 0.283 e. The van der Waals surface area contributed by atoms with Gasteiger partial charge in [-0.25, -0.2) is 0 Å². The molecule has 4 aromatic rings. The lowest BCUT2D eigenvalue weighted by Crippen LogP contribution is -2.32. The van der Waals surface area contributed by atoms with Crippen molar-refractivity contribution >= 4 is 41.2 Å². The second-order valence-electron chi connectivity index (χ2n) is 6.59. The molecule has 158 valence electrons. The third-order valence-corrected chi connectivity index (χ3v) is 5.11. The van der Waals surface area contributed by atoms with E-state index in [4.69, 9.17) is 23.2 Å². The Hall–Kier alpha value is -3.81. The number of halogens is 2. The van der Waals surface area contributed by atoms with Gasteiger partial charge in [-0.05, 0) is 36.4 Å². The molecule has 32 heavy (non-hydrogen) atoms. The number of carbonyl (C=O) groups is 2. The Labute approximate surface area is 193 Å². The summed E-state index contributed by atoms with van der Waals surface area (Å²) < 4.78 is 0. The molecule has 0 bridgehead atoms. The molecule has 0 aliphatic rings. The first-order chi connectivity index (χ1) is 15.5. The van der Waals surface area contributed by atoms with E-state index in [1.807, 2.05) is 12.1 Å². The van der Waals surface area contributed by atoms with Gasteiger partial charge in [0.1, 0.15) is 0 Å². The van der Waals surface area contributed by atoms with Crippen molar-refractivity contribution in [1.29, 1.82) is 0 Å². The summed E-state index contributed by atoms with van der Waals surface area (Å²) >= 11 is 12.2. The molecule has 0 unspecified atom stereocenters. The number of hydrogen-bond acceptors (Lipinski definition) is 5. The average molecular weight is 464 g/mol. The van der Waals surface area contributed by atoms with Crippen molar-refractivity contribution in [2.75, 3.05) is 0 Å². The van der Waals surface area contributed by atoms with Crippen molar-refractivity contribution in [3.63, 3.8) is 0 Å². The lowest BCUT2D eigenvalue weighted by atomic mass is 10.1. The van der Waals surface area contributed by atoms with Crippen LogP contribution in [0.2, 0.25) is 10.0 Å². The van der Waals surface area contributed by atoms with E-state index in [2.05, 4.69) is 20.3 Å². The monoisotopic (exact) mass is 463 g/mol. The molecule has 9 heteroatoms. The number of aromatic amines is 1. The van der Waals surface area contributed by atoms with Crippen LogP contribution in [-0.2, 0) is 0 Å². The number of nitrogens with one attached hydrogen (secondary N) is 1. The summed E-state index contributed by atoms with van der Waals surface area (Å²) in [7, 11) is 0. The van der Waals surface area contributed by atoms with Crippen LogP contribution >= 0.6 is 23.2 Å². The maximum absolute atomic E-state index is 13.2. The zero-order valence-electron chi connectivity index (χ0n) is 16.4. The molecule has 1 N–H and O–H groups in total. The van der Waals surface area contributed by atoms with E-state index < -0.39 is 11.8 Å². The minimum atomic E-state index is -0.662. The molecular formula is C23H15Cl2N5O2. The van der Waals surface area contributed by atoms with Gasteiger partial charge >= 0.3 is 0 Å². The van der Waals surface area contributed by atoms with Crippen molar-refractivity contribution in [2.45, 2.75) is 0 Å². The van der Waals surface area contributed by atoms with Gasteiger partial charge in [0.2, 0.25) is 0 Å². The summed E-state index contributed by atoms with van der Waals surface area (Å²) in [6.45, 7) is 0. The van der Waals surface area contributed by atoms with Crippen LogP contribution in [0.1, 0.15) is 26.3 Å². The van der Waals surface area contributed by atoms with Gasteiger partial charge in [-0.2, -0.15) is 15.2 Å². The fourth-order valence-corrected chi connectivity index (χ4v) is 3.27. The Bertz CT molecular complexity index is 1290. The Kier molecular flexibility index (Phi) is 6.39. The van der Waals surface area contributed by atoms with E-state index in [0.29, 0.717) is 16.3 Å². The number of nitrogens with zero attached hydrogens (tertiary/aromatic N) is 4. The van der Waals surface area contributed by atoms with E-state index in [1.54, 1.807) is 36.5 Å². The van der Waals surface area contributed by atoms with Crippen molar-refractivity contribution in [1.82, 2.24) is 20.2 Å². The van der Waals surface area contributed by atoms with Gasteiger partial charge in [-0.15, -0.1) is 0 Å². The molecule has 4 rings (SSSR count). The third kappa shape index (κ3) is 4.59. The molecule has 2 amide bonds. The second-order valence-corrected chi connectivity index (χ2v) is 7.43. The Morgan fingerprint density at radius 1 is 0.938 bits per heavy atom. The number of pyridine rings is 1. The molecule has 0 atom stereocenters. The van der Waals surface area contributed by atoms with Crippen LogP contribution < -0.4 is 0 Å². The highest BCUT2D eigenvalue weighted by molar-refractivity contribution is 6.34. The smallest absolute Gasteiger partial charge is 0.277 e. The van der Waals surface area contributed by atoms with Gasteiger partial charge in [0, 0.05) is 34.1 Å². The minimum Gasteiger partial charge on any atom is -0.277 e. The van der Waals surface area contributed by atoms with Crippen molar-refractivity contribution < 1.29 is 9.59 Å². The summed E-state index contributed by atoms with van der Waals surface area (Å²) in [6.07, 6.45) is 5.86. The quantitative estimate of drug-likeness (QED) is 0.253. The average Bonchev–Trinajstić information content (AvgIpc) is 3.29. The number of amides is 2. The SMILES string of the molecule is O=C(c1ccncc1)N(N=Cc1cn[nH]c1-c1ccc(Cl)cc1)C(=O)c1ccccc1Cl. The number of carbonyl (C=O) groups excluding carboxylic acids is 2. The van der Waals surface area contributed by atoms with Crippen molar-refractivity contribution in [3.8, 4) is 11.3 Å². The summed E-state index contributed by atoms with van der Waals surface area (Å²) in [5, 5.41) is 12.7. The molecule has 2 heterocycles. The number of benzene rings is 2. The number of H-pyrrole nitrogens is 1. The summed E-state index contributed by atoms with van der Waals surface area (Å²) in [5.74, 6) is -1.28. The number of aromatic nitrogens is 3. The molecule has 0 saturated carbocycles. The maximum atomic E-state index is 13.2. The van der Waals surface area contributed by atoms with E-state index in [0.717, 1.165) is 10.6 Å². The van der Waals surface area contributed by atoms with Crippen LogP contribution in [0.4, 0.5) is 0 Å². The molecule has 0 aliphatic carbocycles. The van der Waals surface area contributed by atoms with Gasteiger partial charge in [0.15, 0.2) is 0 Å². The Balaban J connectivity index is 1.72. The molecule has 7 nitrogen and oxygen atoms in total. The largest absolute Gasteiger partial charge is 0.283 e. The van der Waals surface area contributed by atoms with Crippen LogP contribution in [0.5, 0.6) is 0 Å². The predicted octanol–water partition coefficient (Wildman–Crippen LogP) is 5.10. The highest BCUT2D eigenvalue weighted by Gasteiger charge is 2.25. The van der Waals surface area contributed by atoms with Crippen LogP contribution in [-0.4, -0.2) is 38.2 Å². The molecule has 0 spiro atoms. The van der Waals surface area contributed by atoms with E-state index in [-0.39, 0.29) is 16.1 Å². The second kappa shape index (κ2) is 9.55. The van der Waals surface area contributed by atoms with E-state index in [9.17, 15) is 9.59 Å². The molecule has 0 saturated heterocycles. The highest BCUT2D eigenvalue weighted by atomic mass is 35.5. The summed E-state index contributed by atoms with van der Waals surface area (Å²) in [6, 6.07) is 16.6. The Morgan fingerprint density at radius 3 is 2.38 bits per heavy atom. The topological polar surface area (TPSA) is 91.3 Å². The standard InChI is InChI=1S/C23H15Cl2N5O2/c24-18-7-5-15(6-8-18)21-17(13-27-29-21)14-28-30(22(31)16-9-11-26-12-10-16)23(32)19-3-1-2-4-20(19)25/h1-14H,(H,27,29). The van der Waals surface area contributed by atoms with Crippen LogP contribution in [0, 0.1) is 0 Å². The zero-order chi connectivity index (χ0) is 22.5. The van der Waals surface area contributed by atoms with Crippen LogP contribution in [0.3, 0.4) is 0 Å². The fourth-order valence-electron chi connectivity index (χ4n) is 2.92. The number of hydrazone groups is 1.